The van der Waals surface area contributed by atoms with Crippen molar-refractivity contribution in [2.24, 2.45) is 5.73 Å². The number of aromatic nitrogens is 1. The van der Waals surface area contributed by atoms with E-state index in [4.69, 9.17) is 10.5 Å². The fourth-order valence-electron chi connectivity index (χ4n) is 1.01. The summed E-state index contributed by atoms with van der Waals surface area (Å²) in [7, 11) is 1.31. The first-order valence-electron chi connectivity index (χ1n) is 4.29. The summed E-state index contributed by atoms with van der Waals surface area (Å²) in [6.07, 6.45) is -3.75. The Morgan fingerprint density at radius 2 is 2.19 bits per heavy atom. The third kappa shape index (κ3) is 2.87. The predicted octanol–water partition coefficient (Wildman–Crippen LogP) is 1.42. The topological polar surface area (TPSA) is 48.1 Å². The Bertz CT molecular complexity index is 432. The molecule has 0 atom stereocenters. The van der Waals surface area contributed by atoms with Crippen molar-refractivity contribution in [3.05, 3.63) is 23.4 Å². The van der Waals surface area contributed by atoms with Gasteiger partial charge in [0.05, 0.1) is 24.8 Å². The molecule has 0 aliphatic heterocycles. The molecule has 1 aromatic rings. The first kappa shape index (κ1) is 12.3. The number of pyridine rings is 1. The van der Waals surface area contributed by atoms with Crippen molar-refractivity contribution in [3.8, 4) is 17.7 Å². The number of nitrogens with zero attached hydrogens (tertiary/aromatic N) is 1. The van der Waals surface area contributed by atoms with Crippen LogP contribution in [0.3, 0.4) is 0 Å². The standard InChI is InChI=1S/C10H9F3N2O/c1-16-9-7(3-2-4-14)5-8(6-15-9)10(11,12)13/h5-6H,4,14H2,1H3. The first-order chi connectivity index (χ1) is 7.49. The van der Waals surface area contributed by atoms with E-state index >= 15 is 0 Å². The summed E-state index contributed by atoms with van der Waals surface area (Å²) in [5.74, 6) is 4.97. The Balaban J connectivity index is 3.21. The third-order valence-electron chi connectivity index (χ3n) is 1.70. The molecule has 1 rings (SSSR count). The van der Waals surface area contributed by atoms with Crippen molar-refractivity contribution in [1.82, 2.24) is 4.98 Å². The average molecular weight is 230 g/mol. The summed E-state index contributed by atoms with van der Waals surface area (Å²) in [5, 5.41) is 0. The molecule has 2 N–H and O–H groups in total. The average Bonchev–Trinajstić information content (AvgIpc) is 2.24. The van der Waals surface area contributed by atoms with Crippen LogP contribution >= 0.6 is 0 Å². The van der Waals surface area contributed by atoms with Crippen LogP contribution < -0.4 is 10.5 Å². The normalized spacial score (nSPS) is 10.6. The van der Waals surface area contributed by atoms with Gasteiger partial charge in [-0.2, -0.15) is 13.2 Å². The van der Waals surface area contributed by atoms with Gasteiger partial charge < -0.3 is 10.5 Å². The van der Waals surface area contributed by atoms with E-state index in [9.17, 15) is 13.2 Å². The van der Waals surface area contributed by atoms with E-state index in [0.29, 0.717) is 6.20 Å². The van der Waals surface area contributed by atoms with Crippen LogP contribution in [0.1, 0.15) is 11.1 Å². The van der Waals surface area contributed by atoms with Crippen molar-refractivity contribution in [3.63, 3.8) is 0 Å². The zero-order valence-corrected chi connectivity index (χ0v) is 8.43. The molecule has 16 heavy (non-hydrogen) atoms. The highest BCUT2D eigenvalue weighted by atomic mass is 19.4. The maximum atomic E-state index is 12.4. The van der Waals surface area contributed by atoms with Crippen LogP contribution in [0, 0.1) is 11.8 Å². The van der Waals surface area contributed by atoms with Gasteiger partial charge in [0, 0.05) is 6.20 Å². The van der Waals surface area contributed by atoms with E-state index in [1.54, 1.807) is 0 Å². The molecule has 0 aliphatic rings. The van der Waals surface area contributed by atoms with Crippen LogP contribution in [0.15, 0.2) is 12.3 Å². The number of hydrogen-bond acceptors (Lipinski definition) is 3. The molecule has 0 fully saturated rings. The molecule has 1 heterocycles. The summed E-state index contributed by atoms with van der Waals surface area (Å²) in [6.45, 7) is 0.0550. The number of ether oxygens (including phenoxy) is 1. The quantitative estimate of drug-likeness (QED) is 0.742. The Kier molecular flexibility index (Phi) is 3.74. The first-order valence-corrected chi connectivity index (χ1v) is 4.29. The number of rotatable bonds is 1. The Labute approximate surface area is 90.4 Å². The van der Waals surface area contributed by atoms with Crippen LogP contribution in [-0.2, 0) is 6.18 Å². The van der Waals surface area contributed by atoms with Crippen molar-refractivity contribution in [2.45, 2.75) is 6.18 Å². The van der Waals surface area contributed by atoms with E-state index in [1.165, 1.54) is 7.11 Å². The summed E-state index contributed by atoms with van der Waals surface area (Å²) < 4.78 is 41.9. The number of alkyl halides is 3. The summed E-state index contributed by atoms with van der Waals surface area (Å²) in [4.78, 5) is 3.53. The van der Waals surface area contributed by atoms with Crippen LogP contribution in [0.25, 0.3) is 0 Å². The fraction of sp³-hybridized carbons (Fsp3) is 0.300. The molecule has 0 saturated carbocycles. The molecular formula is C10H9F3N2O. The van der Waals surface area contributed by atoms with Gasteiger partial charge in [-0.1, -0.05) is 11.8 Å². The van der Waals surface area contributed by atoms with Crippen molar-refractivity contribution < 1.29 is 17.9 Å². The molecule has 86 valence electrons. The van der Waals surface area contributed by atoms with E-state index in [-0.39, 0.29) is 18.0 Å². The molecule has 3 nitrogen and oxygen atoms in total. The van der Waals surface area contributed by atoms with Crippen LogP contribution in [0.4, 0.5) is 13.2 Å². The van der Waals surface area contributed by atoms with E-state index in [1.807, 2.05) is 0 Å². The van der Waals surface area contributed by atoms with Crippen molar-refractivity contribution in [1.29, 1.82) is 0 Å². The molecule has 0 saturated heterocycles. The number of methoxy groups -OCH3 is 1. The molecule has 6 heteroatoms. The zero-order chi connectivity index (χ0) is 12.2. The zero-order valence-electron chi connectivity index (χ0n) is 8.43. The van der Waals surface area contributed by atoms with Gasteiger partial charge in [0.1, 0.15) is 0 Å². The summed E-state index contributed by atoms with van der Waals surface area (Å²) in [6, 6.07) is 0.883. The summed E-state index contributed by atoms with van der Waals surface area (Å²) >= 11 is 0. The van der Waals surface area contributed by atoms with E-state index in [2.05, 4.69) is 16.8 Å². The monoisotopic (exact) mass is 230 g/mol. The lowest BCUT2D eigenvalue weighted by Gasteiger charge is -2.08. The molecule has 0 aromatic carbocycles. The highest BCUT2D eigenvalue weighted by Gasteiger charge is 2.31. The molecule has 1 aromatic heterocycles. The van der Waals surface area contributed by atoms with Crippen LogP contribution in [0.5, 0.6) is 5.88 Å². The fourth-order valence-corrected chi connectivity index (χ4v) is 1.01. The van der Waals surface area contributed by atoms with Gasteiger partial charge in [0.2, 0.25) is 5.88 Å². The Morgan fingerprint density at radius 3 is 2.69 bits per heavy atom. The number of nitrogens with two attached hydrogens (primary N) is 1. The lowest BCUT2D eigenvalue weighted by atomic mass is 10.2. The van der Waals surface area contributed by atoms with Gasteiger partial charge in [0.15, 0.2) is 0 Å². The molecule has 0 bridgehead atoms. The van der Waals surface area contributed by atoms with E-state index in [0.717, 1.165) is 6.07 Å². The van der Waals surface area contributed by atoms with Crippen LogP contribution in [0.2, 0.25) is 0 Å². The van der Waals surface area contributed by atoms with E-state index < -0.39 is 11.7 Å². The van der Waals surface area contributed by atoms with Gasteiger partial charge in [-0.05, 0) is 6.07 Å². The lowest BCUT2D eigenvalue weighted by molar-refractivity contribution is -0.137. The number of halogens is 3. The molecule has 0 amide bonds. The van der Waals surface area contributed by atoms with Gasteiger partial charge in [-0.3, -0.25) is 0 Å². The van der Waals surface area contributed by atoms with Gasteiger partial charge in [0.25, 0.3) is 0 Å². The highest BCUT2D eigenvalue weighted by molar-refractivity contribution is 5.44. The molecule has 0 spiro atoms. The predicted molar refractivity (Wildman–Crippen MR) is 51.7 cm³/mol. The van der Waals surface area contributed by atoms with Crippen LogP contribution in [-0.4, -0.2) is 18.6 Å². The highest BCUT2D eigenvalue weighted by Crippen LogP contribution is 2.30. The minimum atomic E-state index is -4.45. The second-order valence-electron chi connectivity index (χ2n) is 2.78. The minimum Gasteiger partial charge on any atom is -0.480 e. The molecule has 0 aliphatic carbocycles. The maximum Gasteiger partial charge on any atom is 0.417 e. The van der Waals surface area contributed by atoms with Gasteiger partial charge >= 0.3 is 6.18 Å². The molecule has 0 unspecified atom stereocenters. The Morgan fingerprint density at radius 1 is 1.50 bits per heavy atom. The lowest BCUT2D eigenvalue weighted by Crippen LogP contribution is -2.07. The second-order valence-corrected chi connectivity index (χ2v) is 2.78. The van der Waals surface area contributed by atoms with Crippen molar-refractivity contribution >= 4 is 0 Å². The smallest absolute Gasteiger partial charge is 0.417 e. The summed E-state index contributed by atoms with van der Waals surface area (Å²) in [5.41, 5.74) is 4.34. The second kappa shape index (κ2) is 4.86. The minimum absolute atomic E-state index is 0.0500. The molecule has 0 radical (unpaired) electrons. The van der Waals surface area contributed by atoms with Crippen molar-refractivity contribution in [2.75, 3.05) is 13.7 Å². The Hall–Kier alpha value is -1.74. The largest absolute Gasteiger partial charge is 0.480 e. The maximum absolute atomic E-state index is 12.4. The third-order valence-corrected chi connectivity index (χ3v) is 1.70. The number of hydrogen-bond donors (Lipinski definition) is 1. The molecular weight excluding hydrogens is 221 g/mol. The van der Waals surface area contributed by atoms with Gasteiger partial charge in [-0.15, -0.1) is 0 Å². The van der Waals surface area contributed by atoms with Gasteiger partial charge in [-0.25, -0.2) is 4.98 Å². The SMILES string of the molecule is COc1ncc(C(F)(F)F)cc1C#CCN.